The summed E-state index contributed by atoms with van der Waals surface area (Å²) in [4.78, 5) is 26.9. The summed E-state index contributed by atoms with van der Waals surface area (Å²) in [6, 6.07) is 0. The summed E-state index contributed by atoms with van der Waals surface area (Å²) in [6.45, 7) is 2.67. The standard InChI is InChI=1S/C16H30N2O4/c1-17(2)11-5-7-13-21-15(19)9-10-16(20)22-14-8-6-12-18(3)4/h9-10H,5-8,11-14H2,1-4H3/b10-9-. The van der Waals surface area contributed by atoms with E-state index in [2.05, 4.69) is 9.80 Å². The lowest BCUT2D eigenvalue weighted by atomic mass is 10.3. The second kappa shape index (κ2) is 13.3. The highest BCUT2D eigenvalue weighted by atomic mass is 16.5. The Labute approximate surface area is 134 Å². The van der Waals surface area contributed by atoms with Crippen LogP contribution in [0.1, 0.15) is 25.7 Å². The van der Waals surface area contributed by atoms with Gasteiger partial charge in [-0.15, -0.1) is 0 Å². The van der Waals surface area contributed by atoms with Crippen molar-refractivity contribution in [3.8, 4) is 0 Å². The van der Waals surface area contributed by atoms with Crippen molar-refractivity contribution >= 4 is 11.9 Å². The van der Waals surface area contributed by atoms with E-state index in [1.54, 1.807) is 0 Å². The van der Waals surface area contributed by atoms with Gasteiger partial charge in [0.25, 0.3) is 0 Å². The van der Waals surface area contributed by atoms with Crippen molar-refractivity contribution in [2.24, 2.45) is 0 Å². The van der Waals surface area contributed by atoms with Gasteiger partial charge in [0.15, 0.2) is 0 Å². The molecule has 0 saturated heterocycles. The Bertz CT molecular complexity index is 309. The minimum Gasteiger partial charge on any atom is -0.463 e. The van der Waals surface area contributed by atoms with Gasteiger partial charge in [-0.1, -0.05) is 0 Å². The third-order valence-electron chi connectivity index (χ3n) is 2.84. The molecule has 0 atom stereocenters. The maximum absolute atomic E-state index is 11.4. The summed E-state index contributed by atoms with van der Waals surface area (Å²) in [5.41, 5.74) is 0. The number of carbonyl (C=O) groups is 2. The number of hydrogen-bond acceptors (Lipinski definition) is 6. The average Bonchev–Trinajstić information content (AvgIpc) is 2.43. The molecule has 0 aromatic rings. The number of ether oxygens (including phenoxy) is 2. The Morgan fingerprint density at radius 2 is 1.09 bits per heavy atom. The molecule has 0 rings (SSSR count). The molecule has 6 heteroatoms. The van der Waals surface area contributed by atoms with E-state index in [4.69, 9.17) is 9.47 Å². The summed E-state index contributed by atoms with van der Waals surface area (Å²) in [6.07, 6.45) is 5.81. The van der Waals surface area contributed by atoms with Crippen LogP contribution >= 0.6 is 0 Å². The average molecular weight is 314 g/mol. The molecule has 0 aromatic heterocycles. The van der Waals surface area contributed by atoms with Gasteiger partial charge in [-0.2, -0.15) is 0 Å². The number of nitrogens with zero attached hydrogens (tertiary/aromatic N) is 2. The van der Waals surface area contributed by atoms with E-state index in [0.717, 1.165) is 50.9 Å². The monoisotopic (exact) mass is 314 g/mol. The summed E-state index contributed by atoms with van der Waals surface area (Å²) in [7, 11) is 8.00. The van der Waals surface area contributed by atoms with Crippen LogP contribution in [0.3, 0.4) is 0 Å². The van der Waals surface area contributed by atoms with Crippen molar-refractivity contribution < 1.29 is 19.1 Å². The minimum absolute atomic E-state index is 0.372. The molecular weight excluding hydrogens is 284 g/mol. The van der Waals surface area contributed by atoms with Crippen LogP contribution < -0.4 is 0 Å². The molecule has 0 radical (unpaired) electrons. The fourth-order valence-electron chi connectivity index (χ4n) is 1.64. The Kier molecular flexibility index (Phi) is 12.4. The van der Waals surface area contributed by atoms with Gasteiger partial charge >= 0.3 is 11.9 Å². The molecule has 0 bridgehead atoms. The fourth-order valence-corrected chi connectivity index (χ4v) is 1.64. The Balaban J connectivity index is 3.59. The Morgan fingerprint density at radius 1 is 0.727 bits per heavy atom. The lowest BCUT2D eigenvalue weighted by molar-refractivity contribution is -0.140. The maximum Gasteiger partial charge on any atom is 0.331 e. The van der Waals surface area contributed by atoms with Crippen LogP contribution in [0, 0.1) is 0 Å². The molecule has 0 saturated carbocycles. The van der Waals surface area contributed by atoms with Crippen LogP contribution in [0.25, 0.3) is 0 Å². The quantitative estimate of drug-likeness (QED) is 0.307. The molecule has 128 valence electrons. The third kappa shape index (κ3) is 15.0. The van der Waals surface area contributed by atoms with E-state index in [1.807, 2.05) is 28.2 Å². The van der Waals surface area contributed by atoms with Gasteiger partial charge in [0.05, 0.1) is 13.2 Å². The largest absolute Gasteiger partial charge is 0.463 e. The van der Waals surface area contributed by atoms with Crippen molar-refractivity contribution in [1.82, 2.24) is 9.80 Å². The molecule has 0 aliphatic carbocycles. The molecule has 6 nitrogen and oxygen atoms in total. The first-order valence-electron chi connectivity index (χ1n) is 7.73. The van der Waals surface area contributed by atoms with Crippen molar-refractivity contribution in [2.45, 2.75) is 25.7 Å². The van der Waals surface area contributed by atoms with Crippen LogP contribution in [-0.2, 0) is 19.1 Å². The molecular formula is C16H30N2O4. The third-order valence-corrected chi connectivity index (χ3v) is 2.84. The summed E-state index contributed by atoms with van der Waals surface area (Å²) >= 11 is 0. The lowest BCUT2D eigenvalue weighted by Crippen LogP contribution is -2.14. The second-order valence-corrected chi connectivity index (χ2v) is 5.69. The molecule has 0 unspecified atom stereocenters. The zero-order valence-corrected chi connectivity index (χ0v) is 14.3. The van der Waals surface area contributed by atoms with E-state index < -0.39 is 11.9 Å². The maximum atomic E-state index is 11.4. The normalized spacial score (nSPS) is 11.4. The topological polar surface area (TPSA) is 59.1 Å². The number of rotatable bonds is 12. The first kappa shape index (κ1) is 20.6. The number of unbranched alkanes of at least 4 members (excludes halogenated alkanes) is 2. The molecule has 0 aromatic carbocycles. The van der Waals surface area contributed by atoms with Crippen LogP contribution in [0.2, 0.25) is 0 Å². The van der Waals surface area contributed by atoms with Gasteiger partial charge in [-0.05, 0) is 67.0 Å². The van der Waals surface area contributed by atoms with Gasteiger partial charge in [-0.25, -0.2) is 9.59 Å². The minimum atomic E-state index is -0.505. The SMILES string of the molecule is CN(C)CCCCOC(=O)/C=C\C(=O)OCCCCN(C)C. The molecule has 0 spiro atoms. The first-order valence-corrected chi connectivity index (χ1v) is 7.73. The summed E-state index contributed by atoms with van der Waals surface area (Å²) in [5.74, 6) is -1.01. The zero-order chi connectivity index (χ0) is 16.8. The highest BCUT2D eigenvalue weighted by Crippen LogP contribution is 1.95. The first-order chi connectivity index (χ1) is 10.4. The van der Waals surface area contributed by atoms with Gasteiger partial charge in [0.2, 0.25) is 0 Å². The molecule has 22 heavy (non-hydrogen) atoms. The van der Waals surface area contributed by atoms with E-state index in [9.17, 15) is 9.59 Å². The molecule has 0 aliphatic heterocycles. The predicted molar refractivity (Wildman–Crippen MR) is 86.6 cm³/mol. The van der Waals surface area contributed by atoms with Gasteiger partial charge in [0.1, 0.15) is 0 Å². The zero-order valence-electron chi connectivity index (χ0n) is 14.3. The second-order valence-electron chi connectivity index (χ2n) is 5.69. The van der Waals surface area contributed by atoms with E-state index in [0.29, 0.717) is 13.2 Å². The Morgan fingerprint density at radius 3 is 1.41 bits per heavy atom. The number of hydrogen-bond donors (Lipinski definition) is 0. The van der Waals surface area contributed by atoms with Crippen molar-refractivity contribution in [3.05, 3.63) is 12.2 Å². The van der Waals surface area contributed by atoms with E-state index >= 15 is 0 Å². The molecule has 0 aliphatic rings. The van der Waals surface area contributed by atoms with Crippen LogP contribution in [-0.4, -0.2) is 76.2 Å². The van der Waals surface area contributed by atoms with Crippen molar-refractivity contribution in [3.63, 3.8) is 0 Å². The van der Waals surface area contributed by atoms with Crippen LogP contribution in [0.4, 0.5) is 0 Å². The molecule has 0 amide bonds. The smallest absolute Gasteiger partial charge is 0.331 e. The van der Waals surface area contributed by atoms with Gasteiger partial charge < -0.3 is 19.3 Å². The predicted octanol–water partition coefficient (Wildman–Crippen LogP) is 1.31. The Hall–Kier alpha value is -1.40. The van der Waals surface area contributed by atoms with E-state index in [1.165, 1.54) is 0 Å². The van der Waals surface area contributed by atoms with Crippen molar-refractivity contribution in [1.29, 1.82) is 0 Å². The van der Waals surface area contributed by atoms with Crippen LogP contribution in [0.5, 0.6) is 0 Å². The summed E-state index contributed by atoms with van der Waals surface area (Å²) < 4.78 is 9.97. The molecule has 0 fully saturated rings. The van der Waals surface area contributed by atoms with Crippen molar-refractivity contribution in [2.75, 3.05) is 54.5 Å². The highest BCUT2D eigenvalue weighted by molar-refractivity contribution is 5.91. The molecule has 0 N–H and O–H groups in total. The van der Waals surface area contributed by atoms with Gasteiger partial charge in [0, 0.05) is 12.2 Å². The van der Waals surface area contributed by atoms with Gasteiger partial charge in [-0.3, -0.25) is 0 Å². The number of carbonyl (C=O) groups excluding carboxylic acids is 2. The number of esters is 2. The highest BCUT2D eigenvalue weighted by Gasteiger charge is 2.01. The van der Waals surface area contributed by atoms with Crippen LogP contribution in [0.15, 0.2) is 12.2 Å². The van der Waals surface area contributed by atoms with E-state index in [-0.39, 0.29) is 0 Å². The molecule has 0 heterocycles. The fraction of sp³-hybridized carbons (Fsp3) is 0.750. The summed E-state index contributed by atoms with van der Waals surface area (Å²) in [5, 5.41) is 0. The lowest BCUT2D eigenvalue weighted by Gasteiger charge is -2.08.